The van der Waals surface area contributed by atoms with Gasteiger partial charge < -0.3 is 19.9 Å². The van der Waals surface area contributed by atoms with Gasteiger partial charge in [0, 0.05) is 15.6 Å². The molecule has 1 unspecified atom stereocenters. The SMILES string of the molecule is COc1ccc(-c2[nH]nc3c2C(c2ccc(Cl)cc2Cl)C(C#N)=C(N)O3)cc1OC. The Morgan fingerprint density at radius 2 is 1.90 bits per heavy atom. The van der Waals surface area contributed by atoms with E-state index in [9.17, 15) is 5.26 Å². The summed E-state index contributed by atoms with van der Waals surface area (Å²) in [4.78, 5) is 0. The second kappa shape index (κ2) is 7.82. The standard InChI is InChI=1S/C21H16Cl2N4O3/c1-28-15-6-3-10(7-16(15)29-2)19-18-17(12-5-4-11(22)8-14(12)23)13(9-24)20(25)30-21(18)27-26-19/h3-8,17H,25H2,1-2H3,(H,26,27). The minimum atomic E-state index is -0.592. The molecule has 0 spiro atoms. The summed E-state index contributed by atoms with van der Waals surface area (Å²) in [6.45, 7) is 0. The molecule has 4 rings (SSSR count). The van der Waals surface area contributed by atoms with Crippen LogP contribution in [0.4, 0.5) is 0 Å². The summed E-state index contributed by atoms with van der Waals surface area (Å²) in [5.41, 5.74) is 8.95. The Labute approximate surface area is 182 Å². The zero-order chi connectivity index (χ0) is 21.4. The number of allylic oxidation sites excluding steroid dienone is 1. The van der Waals surface area contributed by atoms with Gasteiger partial charge in [-0.05, 0) is 35.9 Å². The number of benzene rings is 2. The van der Waals surface area contributed by atoms with Gasteiger partial charge in [-0.2, -0.15) is 5.26 Å². The van der Waals surface area contributed by atoms with Crippen molar-refractivity contribution in [2.45, 2.75) is 5.92 Å². The van der Waals surface area contributed by atoms with E-state index in [0.29, 0.717) is 38.4 Å². The van der Waals surface area contributed by atoms with Crippen LogP contribution < -0.4 is 19.9 Å². The molecule has 0 bridgehead atoms. The van der Waals surface area contributed by atoms with E-state index in [1.54, 1.807) is 44.6 Å². The smallest absolute Gasteiger partial charge is 0.244 e. The molecular weight excluding hydrogens is 427 g/mol. The zero-order valence-corrected chi connectivity index (χ0v) is 17.5. The first-order valence-corrected chi connectivity index (χ1v) is 9.57. The summed E-state index contributed by atoms with van der Waals surface area (Å²) in [6, 6.07) is 12.7. The van der Waals surface area contributed by atoms with Gasteiger partial charge in [-0.15, -0.1) is 5.10 Å². The van der Waals surface area contributed by atoms with Gasteiger partial charge in [0.05, 0.1) is 31.4 Å². The predicted molar refractivity (Wildman–Crippen MR) is 113 cm³/mol. The van der Waals surface area contributed by atoms with Crippen LogP contribution in [0.5, 0.6) is 17.4 Å². The fourth-order valence-electron chi connectivity index (χ4n) is 3.50. The fourth-order valence-corrected chi connectivity index (χ4v) is 4.02. The number of nitrogens with two attached hydrogens (primary N) is 1. The molecule has 1 aliphatic heterocycles. The number of hydrogen-bond donors (Lipinski definition) is 2. The molecule has 7 nitrogen and oxygen atoms in total. The van der Waals surface area contributed by atoms with E-state index in [0.717, 1.165) is 5.56 Å². The number of nitriles is 1. The zero-order valence-electron chi connectivity index (χ0n) is 16.0. The van der Waals surface area contributed by atoms with E-state index in [2.05, 4.69) is 16.3 Å². The van der Waals surface area contributed by atoms with Crippen molar-refractivity contribution in [3.8, 4) is 34.7 Å². The first-order chi connectivity index (χ1) is 14.5. The highest BCUT2D eigenvalue weighted by molar-refractivity contribution is 6.35. The van der Waals surface area contributed by atoms with E-state index in [1.807, 2.05) is 6.07 Å². The number of halogens is 2. The highest BCUT2D eigenvalue weighted by atomic mass is 35.5. The maximum Gasteiger partial charge on any atom is 0.244 e. The number of nitrogens with zero attached hydrogens (tertiary/aromatic N) is 2. The second-order valence-corrected chi connectivity index (χ2v) is 7.32. The van der Waals surface area contributed by atoms with Crippen LogP contribution in [-0.4, -0.2) is 24.4 Å². The van der Waals surface area contributed by atoms with E-state index in [-0.39, 0.29) is 17.3 Å². The van der Waals surface area contributed by atoms with Crippen LogP contribution >= 0.6 is 23.2 Å². The molecule has 0 saturated heterocycles. The molecule has 1 atom stereocenters. The maximum absolute atomic E-state index is 9.81. The van der Waals surface area contributed by atoms with Gasteiger partial charge in [-0.1, -0.05) is 29.3 Å². The lowest BCUT2D eigenvalue weighted by Crippen LogP contribution is -2.21. The van der Waals surface area contributed by atoms with Crippen molar-refractivity contribution in [1.29, 1.82) is 5.26 Å². The Morgan fingerprint density at radius 1 is 1.13 bits per heavy atom. The molecule has 0 amide bonds. The Morgan fingerprint density at radius 3 is 2.57 bits per heavy atom. The lowest BCUT2D eigenvalue weighted by molar-refractivity contribution is 0.355. The number of fused-ring (bicyclic) bond motifs is 1. The number of aromatic nitrogens is 2. The van der Waals surface area contributed by atoms with Gasteiger partial charge in [-0.3, -0.25) is 5.10 Å². The van der Waals surface area contributed by atoms with E-state index in [1.165, 1.54) is 0 Å². The number of ether oxygens (including phenoxy) is 3. The van der Waals surface area contributed by atoms with Crippen molar-refractivity contribution in [2.75, 3.05) is 14.2 Å². The number of rotatable bonds is 4. The molecule has 3 N–H and O–H groups in total. The predicted octanol–water partition coefficient (Wildman–Crippen LogP) is 4.62. The quantitative estimate of drug-likeness (QED) is 0.610. The van der Waals surface area contributed by atoms with Gasteiger partial charge in [0.1, 0.15) is 11.6 Å². The van der Waals surface area contributed by atoms with Crippen LogP contribution in [0.3, 0.4) is 0 Å². The molecule has 2 aromatic carbocycles. The molecule has 1 aliphatic rings. The molecule has 0 fully saturated rings. The Kier molecular flexibility index (Phi) is 5.20. The maximum atomic E-state index is 9.81. The first kappa shape index (κ1) is 20.0. The number of nitrogens with one attached hydrogen (secondary N) is 1. The fraction of sp³-hybridized carbons (Fsp3) is 0.143. The summed E-state index contributed by atoms with van der Waals surface area (Å²) in [5.74, 6) is 0.792. The van der Waals surface area contributed by atoms with Crippen LogP contribution in [0.1, 0.15) is 17.0 Å². The third-order valence-corrected chi connectivity index (χ3v) is 5.45. The Balaban J connectivity index is 1.95. The minimum Gasteiger partial charge on any atom is -0.493 e. The van der Waals surface area contributed by atoms with Crippen molar-refractivity contribution in [2.24, 2.45) is 5.73 Å². The normalized spacial score (nSPS) is 15.2. The highest BCUT2D eigenvalue weighted by Crippen LogP contribution is 2.48. The van der Waals surface area contributed by atoms with Crippen LogP contribution in [0, 0.1) is 11.3 Å². The van der Waals surface area contributed by atoms with Crippen LogP contribution in [-0.2, 0) is 0 Å². The number of H-pyrrole nitrogens is 1. The minimum absolute atomic E-state index is 0.0219. The Bertz CT molecular complexity index is 1210. The largest absolute Gasteiger partial charge is 0.493 e. The van der Waals surface area contributed by atoms with E-state index in [4.69, 9.17) is 43.1 Å². The van der Waals surface area contributed by atoms with Gasteiger partial charge in [0.2, 0.25) is 11.8 Å². The van der Waals surface area contributed by atoms with Gasteiger partial charge in [0.15, 0.2) is 11.5 Å². The molecule has 1 aromatic heterocycles. The van der Waals surface area contributed by atoms with Gasteiger partial charge in [0.25, 0.3) is 0 Å². The monoisotopic (exact) mass is 442 g/mol. The van der Waals surface area contributed by atoms with Crippen molar-refractivity contribution in [1.82, 2.24) is 10.2 Å². The summed E-state index contributed by atoms with van der Waals surface area (Å²) in [6.07, 6.45) is 0. The molecule has 2 heterocycles. The summed E-state index contributed by atoms with van der Waals surface area (Å²) in [7, 11) is 3.12. The summed E-state index contributed by atoms with van der Waals surface area (Å²) < 4.78 is 16.4. The van der Waals surface area contributed by atoms with Crippen molar-refractivity contribution >= 4 is 23.2 Å². The third kappa shape index (κ3) is 3.20. The lowest BCUT2D eigenvalue weighted by atomic mass is 9.83. The third-order valence-electron chi connectivity index (χ3n) is 4.88. The van der Waals surface area contributed by atoms with E-state index >= 15 is 0 Å². The molecule has 30 heavy (non-hydrogen) atoms. The first-order valence-electron chi connectivity index (χ1n) is 8.81. The van der Waals surface area contributed by atoms with Gasteiger partial charge in [-0.25, -0.2) is 0 Å². The molecule has 0 saturated carbocycles. The summed E-state index contributed by atoms with van der Waals surface area (Å²) >= 11 is 12.6. The average Bonchev–Trinajstić information content (AvgIpc) is 3.16. The van der Waals surface area contributed by atoms with Crippen LogP contribution in [0.2, 0.25) is 10.0 Å². The second-order valence-electron chi connectivity index (χ2n) is 6.48. The number of aromatic amines is 1. The Hall–Kier alpha value is -3.34. The molecule has 0 aliphatic carbocycles. The van der Waals surface area contributed by atoms with Crippen LogP contribution in [0.25, 0.3) is 11.3 Å². The average molecular weight is 443 g/mol. The molecular formula is C21H16Cl2N4O3. The van der Waals surface area contributed by atoms with Gasteiger partial charge >= 0.3 is 0 Å². The molecule has 3 aromatic rings. The van der Waals surface area contributed by atoms with Crippen molar-refractivity contribution in [3.05, 3.63) is 69.0 Å². The summed E-state index contributed by atoms with van der Waals surface area (Å²) in [5, 5.41) is 17.9. The highest BCUT2D eigenvalue weighted by Gasteiger charge is 2.36. The van der Waals surface area contributed by atoms with Crippen molar-refractivity contribution < 1.29 is 14.2 Å². The molecule has 9 heteroatoms. The molecule has 0 radical (unpaired) electrons. The topological polar surface area (TPSA) is 106 Å². The number of methoxy groups -OCH3 is 2. The van der Waals surface area contributed by atoms with Crippen molar-refractivity contribution in [3.63, 3.8) is 0 Å². The van der Waals surface area contributed by atoms with E-state index < -0.39 is 5.92 Å². The number of hydrogen-bond acceptors (Lipinski definition) is 6. The molecule has 152 valence electrons. The van der Waals surface area contributed by atoms with Crippen LogP contribution in [0.15, 0.2) is 47.9 Å². The lowest BCUT2D eigenvalue weighted by Gasteiger charge is -2.25.